The molecule has 7 atom stereocenters. The Morgan fingerprint density at radius 2 is 1.65 bits per heavy atom. The Morgan fingerprint density at radius 1 is 1.00 bits per heavy atom. The van der Waals surface area contributed by atoms with Gasteiger partial charge in [0.15, 0.2) is 0 Å². The molecule has 0 aromatic rings. The predicted octanol–water partition coefficient (Wildman–Crippen LogP) is 1.13. The summed E-state index contributed by atoms with van der Waals surface area (Å²) in [6.07, 6.45) is 5.28. The number of primary amides is 1. The fourth-order valence-corrected chi connectivity index (χ4v) is 6.90. The van der Waals surface area contributed by atoms with Gasteiger partial charge in [-0.1, -0.05) is 47.5 Å². The second-order valence-corrected chi connectivity index (χ2v) is 14.0. The number of methoxy groups -OCH3 is 2. The average Bonchev–Trinajstić information content (AvgIpc) is 3.71. The van der Waals surface area contributed by atoms with Gasteiger partial charge < -0.3 is 35.6 Å². The van der Waals surface area contributed by atoms with Crippen LogP contribution < -0.4 is 16.4 Å². The Balaban J connectivity index is 1.98. The normalized spacial score (nSPS) is 19.4. The molecule has 7 amide bonds. The Labute approximate surface area is 302 Å². The van der Waals surface area contributed by atoms with Gasteiger partial charge >= 0.3 is 0 Å². The first-order chi connectivity index (χ1) is 24.1. The first-order valence-electron chi connectivity index (χ1n) is 18.1. The first-order valence-corrected chi connectivity index (χ1v) is 18.1. The summed E-state index contributed by atoms with van der Waals surface area (Å²) >= 11 is 0. The molecular formula is C36H60N6O9. The Bertz CT molecular complexity index is 1260. The molecule has 0 aromatic carbocycles. The average molecular weight is 721 g/mol. The molecule has 2 heterocycles. The fourth-order valence-electron chi connectivity index (χ4n) is 6.90. The molecule has 0 spiro atoms. The first kappa shape index (κ1) is 43.3. The number of likely N-dealkylation sites (N-methyl/N-ethyl adjacent to an activating group) is 1. The number of likely N-dealkylation sites (tertiary alicyclic amines) is 1. The van der Waals surface area contributed by atoms with Gasteiger partial charge in [0, 0.05) is 52.9 Å². The number of carbonyl (C=O) groups is 7. The van der Waals surface area contributed by atoms with Crippen molar-refractivity contribution in [3.8, 4) is 0 Å². The zero-order valence-electron chi connectivity index (χ0n) is 31.6. The lowest BCUT2D eigenvalue weighted by Crippen LogP contribution is -2.55. The van der Waals surface area contributed by atoms with Crippen molar-refractivity contribution in [3.63, 3.8) is 0 Å². The molecule has 2 rings (SSSR count). The molecule has 15 nitrogen and oxygen atoms in total. The Kier molecular flexibility index (Phi) is 17.7. The molecule has 0 radical (unpaired) electrons. The number of nitrogens with two attached hydrogens (primary N) is 1. The zero-order chi connectivity index (χ0) is 38.4. The van der Waals surface area contributed by atoms with E-state index >= 15 is 0 Å². The highest BCUT2D eigenvalue weighted by Gasteiger charge is 2.41. The van der Waals surface area contributed by atoms with Gasteiger partial charge in [-0.15, -0.1) is 0 Å². The number of imide groups is 1. The van der Waals surface area contributed by atoms with Gasteiger partial charge in [-0.2, -0.15) is 0 Å². The zero-order valence-corrected chi connectivity index (χ0v) is 31.6. The molecular weight excluding hydrogens is 660 g/mol. The van der Waals surface area contributed by atoms with Crippen molar-refractivity contribution in [1.82, 2.24) is 25.3 Å². The van der Waals surface area contributed by atoms with Crippen LogP contribution in [0.25, 0.3) is 0 Å². The highest BCUT2D eigenvalue weighted by atomic mass is 16.5. The monoisotopic (exact) mass is 720 g/mol. The molecule has 1 unspecified atom stereocenters. The number of nitrogens with one attached hydrogen (secondary N) is 2. The summed E-state index contributed by atoms with van der Waals surface area (Å²) < 4.78 is 11.5. The number of ether oxygens (including phenoxy) is 2. The molecule has 1 fully saturated rings. The van der Waals surface area contributed by atoms with E-state index in [1.165, 1.54) is 31.3 Å². The van der Waals surface area contributed by atoms with Gasteiger partial charge in [-0.05, 0) is 37.5 Å². The summed E-state index contributed by atoms with van der Waals surface area (Å²) in [5, 5.41) is 5.45. The van der Waals surface area contributed by atoms with Crippen molar-refractivity contribution in [2.75, 3.05) is 40.9 Å². The Hall–Kier alpha value is -3.85. The summed E-state index contributed by atoms with van der Waals surface area (Å²) in [5.74, 6) is -3.42. The maximum atomic E-state index is 13.7. The number of hydrogen-bond donors (Lipinski definition) is 3. The standard InChI is InChI=1S/C36H60N6O9/c1-9-23(4)33(26(50-7)20-30(46)41-19-13-14-25(41)34(51-8)24(5)35(37)48)40(6)31(47)21-38-36(49)32(22(2)3)39-27(43)15-11-10-12-18-42-28(44)16-17-29(42)45/h16-17,22-26,32-34H,9-15,18-21H2,1-8H3,(H2,37,48)(H,38,49)(H,39,43)/t23-,24+,25-,26+,32?,33-,34+/m0/s1. The molecule has 0 aromatic heterocycles. The SMILES string of the molecule is CC[C@H](C)[C@@H]([C@@H](CC(=O)N1CCC[C@H]1[C@H](OC)[C@@H](C)C(N)=O)OC)N(C)C(=O)CNC(=O)C(NC(=O)CCCCCN1C(=O)C=CC1=O)C(C)C. The van der Waals surface area contributed by atoms with E-state index in [0.717, 1.165) is 11.3 Å². The minimum Gasteiger partial charge on any atom is -0.379 e. The minimum atomic E-state index is -0.863. The molecule has 0 aliphatic carbocycles. The summed E-state index contributed by atoms with van der Waals surface area (Å²) in [6, 6.07) is -1.67. The number of carbonyl (C=O) groups excluding carboxylic acids is 7. The molecule has 288 valence electrons. The molecule has 15 heteroatoms. The molecule has 51 heavy (non-hydrogen) atoms. The van der Waals surface area contributed by atoms with E-state index in [0.29, 0.717) is 38.6 Å². The number of unbranched alkanes of at least 4 members (excludes halogenated alkanes) is 2. The summed E-state index contributed by atoms with van der Waals surface area (Å²) in [5.41, 5.74) is 5.56. The van der Waals surface area contributed by atoms with Gasteiger partial charge in [0.1, 0.15) is 6.04 Å². The maximum Gasteiger partial charge on any atom is 0.253 e. The molecule has 0 saturated carbocycles. The van der Waals surface area contributed by atoms with Gasteiger partial charge in [0.2, 0.25) is 29.5 Å². The third-order valence-corrected chi connectivity index (χ3v) is 10.2. The van der Waals surface area contributed by atoms with Crippen LogP contribution in [0.2, 0.25) is 0 Å². The second kappa shape index (κ2) is 20.9. The van der Waals surface area contributed by atoms with E-state index in [4.69, 9.17) is 15.2 Å². The highest BCUT2D eigenvalue weighted by molar-refractivity contribution is 6.12. The van der Waals surface area contributed by atoms with Gasteiger partial charge in [0.25, 0.3) is 11.8 Å². The van der Waals surface area contributed by atoms with Crippen molar-refractivity contribution >= 4 is 41.4 Å². The van der Waals surface area contributed by atoms with E-state index in [1.54, 1.807) is 32.7 Å². The van der Waals surface area contributed by atoms with Crippen LogP contribution >= 0.6 is 0 Å². The summed E-state index contributed by atoms with van der Waals surface area (Å²) in [4.78, 5) is 92.8. The lowest BCUT2D eigenvalue weighted by Gasteiger charge is -2.39. The van der Waals surface area contributed by atoms with E-state index in [9.17, 15) is 33.6 Å². The van der Waals surface area contributed by atoms with Crippen LogP contribution in [0.5, 0.6) is 0 Å². The highest BCUT2D eigenvalue weighted by Crippen LogP contribution is 2.29. The van der Waals surface area contributed by atoms with Gasteiger partial charge in [-0.25, -0.2) is 0 Å². The van der Waals surface area contributed by atoms with Gasteiger partial charge in [-0.3, -0.25) is 38.5 Å². The van der Waals surface area contributed by atoms with Crippen molar-refractivity contribution in [2.24, 2.45) is 23.5 Å². The van der Waals surface area contributed by atoms with E-state index in [-0.39, 0.29) is 73.3 Å². The summed E-state index contributed by atoms with van der Waals surface area (Å²) in [6.45, 7) is 9.73. The molecule has 2 aliphatic rings. The molecule has 0 bridgehead atoms. The lowest BCUT2D eigenvalue weighted by molar-refractivity contribution is -0.145. The number of hydrogen-bond acceptors (Lipinski definition) is 9. The molecule has 1 saturated heterocycles. The van der Waals surface area contributed by atoms with Crippen LogP contribution in [-0.4, -0.2) is 127 Å². The fraction of sp³-hybridized carbons (Fsp3) is 0.750. The lowest BCUT2D eigenvalue weighted by atomic mass is 9.90. The van der Waals surface area contributed by atoms with Crippen LogP contribution in [0.4, 0.5) is 0 Å². The van der Waals surface area contributed by atoms with Crippen LogP contribution in [-0.2, 0) is 43.0 Å². The van der Waals surface area contributed by atoms with Crippen molar-refractivity contribution in [3.05, 3.63) is 12.2 Å². The third-order valence-electron chi connectivity index (χ3n) is 10.2. The van der Waals surface area contributed by atoms with Crippen LogP contribution in [0.15, 0.2) is 12.2 Å². The van der Waals surface area contributed by atoms with Crippen LogP contribution in [0.1, 0.15) is 86.0 Å². The smallest absolute Gasteiger partial charge is 0.253 e. The van der Waals surface area contributed by atoms with Crippen molar-refractivity contribution < 1.29 is 43.0 Å². The number of nitrogens with zero attached hydrogens (tertiary/aromatic N) is 3. The van der Waals surface area contributed by atoms with Crippen LogP contribution in [0, 0.1) is 17.8 Å². The molecule has 4 N–H and O–H groups in total. The van der Waals surface area contributed by atoms with E-state index in [2.05, 4.69) is 10.6 Å². The number of rotatable bonds is 22. The van der Waals surface area contributed by atoms with E-state index in [1.807, 2.05) is 13.8 Å². The van der Waals surface area contributed by atoms with Gasteiger partial charge in [0.05, 0.1) is 43.2 Å². The van der Waals surface area contributed by atoms with E-state index < -0.39 is 42.0 Å². The third kappa shape index (κ3) is 12.1. The minimum absolute atomic E-state index is 0.000535. The maximum absolute atomic E-state index is 13.7. The van der Waals surface area contributed by atoms with Crippen molar-refractivity contribution in [2.45, 2.75) is 116 Å². The molecule has 2 aliphatic heterocycles. The Morgan fingerprint density at radius 3 is 2.20 bits per heavy atom. The number of amides is 7. The summed E-state index contributed by atoms with van der Waals surface area (Å²) in [7, 11) is 4.64. The topological polar surface area (TPSA) is 198 Å². The van der Waals surface area contributed by atoms with Crippen LogP contribution in [0.3, 0.4) is 0 Å². The quantitative estimate of drug-likeness (QED) is 0.108. The second-order valence-electron chi connectivity index (χ2n) is 14.0. The van der Waals surface area contributed by atoms with Crippen molar-refractivity contribution in [1.29, 1.82) is 0 Å². The largest absolute Gasteiger partial charge is 0.379 e. The predicted molar refractivity (Wildman–Crippen MR) is 189 cm³/mol.